The first kappa shape index (κ1) is 13.4. The zero-order valence-corrected chi connectivity index (χ0v) is 10.0. The van der Waals surface area contributed by atoms with Crippen molar-refractivity contribution >= 4 is 5.97 Å². The molecular formula is C13H18N2O2. The van der Waals surface area contributed by atoms with Crippen molar-refractivity contribution in [2.75, 3.05) is 13.1 Å². The van der Waals surface area contributed by atoms with E-state index in [-0.39, 0.29) is 0 Å². The Bertz CT molecular complexity index is 374. The average Bonchev–Trinajstić information content (AvgIpc) is 2.34. The van der Waals surface area contributed by atoms with Gasteiger partial charge in [-0.3, -0.25) is 4.98 Å². The van der Waals surface area contributed by atoms with E-state index in [0.717, 1.165) is 13.0 Å². The fourth-order valence-electron chi connectivity index (χ4n) is 1.46. The maximum atomic E-state index is 10.7. The molecule has 0 aliphatic heterocycles. The van der Waals surface area contributed by atoms with Crippen LogP contribution in [0, 0.1) is 0 Å². The summed E-state index contributed by atoms with van der Waals surface area (Å²) in [6.07, 6.45) is 6.75. The van der Waals surface area contributed by atoms with Crippen molar-refractivity contribution in [1.82, 2.24) is 10.3 Å². The lowest BCUT2D eigenvalue weighted by Gasteiger charge is -2.03. The minimum atomic E-state index is -0.830. The maximum absolute atomic E-state index is 10.7. The molecule has 92 valence electrons. The molecule has 0 aliphatic rings. The zero-order valence-electron chi connectivity index (χ0n) is 10.0. The van der Waals surface area contributed by atoms with Crippen molar-refractivity contribution in [1.29, 1.82) is 0 Å². The number of hydrogen-bond acceptors (Lipinski definition) is 3. The van der Waals surface area contributed by atoms with Crippen molar-refractivity contribution in [3.8, 4) is 0 Å². The maximum Gasteiger partial charge on any atom is 0.331 e. The minimum Gasteiger partial charge on any atom is -0.478 e. The molecule has 1 aromatic heterocycles. The Labute approximate surface area is 101 Å². The highest BCUT2D eigenvalue weighted by molar-refractivity contribution is 5.86. The molecule has 4 heteroatoms. The molecular weight excluding hydrogens is 216 g/mol. The summed E-state index contributed by atoms with van der Waals surface area (Å²) in [5.74, 6) is -0.830. The summed E-state index contributed by atoms with van der Waals surface area (Å²) in [5, 5.41) is 12.0. The molecule has 0 unspecified atom stereocenters. The van der Waals surface area contributed by atoms with E-state index in [0.29, 0.717) is 18.5 Å². The van der Waals surface area contributed by atoms with Gasteiger partial charge < -0.3 is 10.4 Å². The normalized spacial score (nSPS) is 11.5. The van der Waals surface area contributed by atoms with Crippen LogP contribution in [0.25, 0.3) is 0 Å². The summed E-state index contributed by atoms with van der Waals surface area (Å²) in [5.41, 5.74) is 1.69. The van der Waals surface area contributed by atoms with Crippen LogP contribution in [0.4, 0.5) is 0 Å². The molecule has 1 rings (SSSR count). The number of carbonyl (C=O) groups is 1. The molecule has 0 aliphatic carbocycles. The number of carboxylic acid groups (broad SMARTS) is 1. The van der Waals surface area contributed by atoms with E-state index in [1.807, 2.05) is 19.1 Å². The van der Waals surface area contributed by atoms with Crippen molar-refractivity contribution in [3.63, 3.8) is 0 Å². The molecule has 1 heterocycles. The second kappa shape index (κ2) is 7.57. The third-order valence-electron chi connectivity index (χ3n) is 2.49. The summed E-state index contributed by atoms with van der Waals surface area (Å²) >= 11 is 0. The average molecular weight is 234 g/mol. The van der Waals surface area contributed by atoms with Crippen LogP contribution < -0.4 is 5.32 Å². The van der Waals surface area contributed by atoms with Gasteiger partial charge >= 0.3 is 5.97 Å². The number of aromatic nitrogens is 1. The second-order valence-corrected chi connectivity index (χ2v) is 3.70. The first-order valence-corrected chi connectivity index (χ1v) is 5.76. The lowest BCUT2D eigenvalue weighted by atomic mass is 10.2. The van der Waals surface area contributed by atoms with Gasteiger partial charge in [0.2, 0.25) is 0 Å². The van der Waals surface area contributed by atoms with Gasteiger partial charge in [-0.2, -0.15) is 0 Å². The lowest BCUT2D eigenvalue weighted by molar-refractivity contribution is -0.132. The van der Waals surface area contributed by atoms with Crippen LogP contribution in [0.5, 0.6) is 0 Å². The van der Waals surface area contributed by atoms with Gasteiger partial charge in [0.05, 0.1) is 0 Å². The molecule has 0 radical (unpaired) electrons. The van der Waals surface area contributed by atoms with Crippen molar-refractivity contribution in [2.24, 2.45) is 0 Å². The largest absolute Gasteiger partial charge is 0.478 e. The minimum absolute atomic E-state index is 0.460. The quantitative estimate of drug-likeness (QED) is 0.556. The van der Waals surface area contributed by atoms with Gasteiger partial charge in [-0.1, -0.05) is 13.0 Å². The van der Waals surface area contributed by atoms with Crippen molar-refractivity contribution < 1.29 is 9.90 Å². The highest BCUT2D eigenvalue weighted by Crippen LogP contribution is 1.99. The number of nitrogens with zero attached hydrogens (tertiary/aromatic N) is 1. The van der Waals surface area contributed by atoms with Gasteiger partial charge in [0.25, 0.3) is 0 Å². The van der Waals surface area contributed by atoms with Crippen LogP contribution in [0.3, 0.4) is 0 Å². The van der Waals surface area contributed by atoms with E-state index in [4.69, 9.17) is 5.11 Å². The molecule has 0 spiro atoms. The molecule has 0 amide bonds. The fraction of sp³-hybridized carbons (Fsp3) is 0.385. The number of nitrogens with one attached hydrogen (secondary N) is 1. The van der Waals surface area contributed by atoms with E-state index >= 15 is 0 Å². The molecule has 4 nitrogen and oxygen atoms in total. The third-order valence-corrected chi connectivity index (χ3v) is 2.49. The SMILES string of the molecule is CC/C(=C/CNCCc1ccncc1)C(=O)O. The number of hydrogen-bond donors (Lipinski definition) is 2. The zero-order chi connectivity index (χ0) is 12.5. The van der Waals surface area contributed by atoms with Crippen molar-refractivity contribution in [3.05, 3.63) is 41.7 Å². The number of carboxylic acids is 1. The van der Waals surface area contributed by atoms with Crippen LogP contribution in [0.2, 0.25) is 0 Å². The second-order valence-electron chi connectivity index (χ2n) is 3.70. The molecule has 0 atom stereocenters. The predicted octanol–water partition coefficient (Wildman–Crippen LogP) is 1.63. The molecule has 2 N–H and O–H groups in total. The van der Waals surface area contributed by atoms with Crippen LogP contribution in [0.1, 0.15) is 18.9 Å². The fourth-order valence-corrected chi connectivity index (χ4v) is 1.46. The number of pyridine rings is 1. The molecule has 1 aromatic rings. The van der Waals surface area contributed by atoms with Gasteiger partial charge in [0.15, 0.2) is 0 Å². The van der Waals surface area contributed by atoms with Crippen LogP contribution in [-0.2, 0) is 11.2 Å². The van der Waals surface area contributed by atoms with Gasteiger partial charge in [-0.25, -0.2) is 4.79 Å². The third kappa shape index (κ3) is 5.26. The Balaban J connectivity index is 2.23. The molecule has 0 saturated carbocycles. The summed E-state index contributed by atoms with van der Waals surface area (Å²) in [7, 11) is 0. The smallest absolute Gasteiger partial charge is 0.331 e. The molecule has 0 fully saturated rings. The summed E-state index contributed by atoms with van der Waals surface area (Å²) in [6, 6.07) is 3.96. The summed E-state index contributed by atoms with van der Waals surface area (Å²) < 4.78 is 0. The Morgan fingerprint density at radius 1 is 1.47 bits per heavy atom. The van der Waals surface area contributed by atoms with Gasteiger partial charge in [-0.05, 0) is 37.1 Å². The number of rotatable bonds is 7. The predicted molar refractivity (Wildman–Crippen MR) is 66.8 cm³/mol. The van der Waals surface area contributed by atoms with Crippen LogP contribution in [-0.4, -0.2) is 29.1 Å². The summed E-state index contributed by atoms with van der Waals surface area (Å²) in [6.45, 7) is 3.27. The van der Waals surface area contributed by atoms with Gasteiger partial charge in [0, 0.05) is 24.5 Å². The molecule has 0 bridgehead atoms. The van der Waals surface area contributed by atoms with Crippen LogP contribution >= 0.6 is 0 Å². The lowest BCUT2D eigenvalue weighted by Crippen LogP contribution is -2.18. The number of aliphatic carboxylic acids is 1. The Morgan fingerprint density at radius 2 is 2.18 bits per heavy atom. The van der Waals surface area contributed by atoms with Gasteiger partial charge in [0.1, 0.15) is 0 Å². The first-order chi connectivity index (χ1) is 8.24. The highest BCUT2D eigenvalue weighted by atomic mass is 16.4. The molecule has 0 aromatic carbocycles. The van der Waals surface area contributed by atoms with E-state index in [9.17, 15) is 4.79 Å². The monoisotopic (exact) mass is 234 g/mol. The molecule has 0 saturated heterocycles. The van der Waals surface area contributed by atoms with E-state index in [1.54, 1.807) is 18.5 Å². The molecule has 17 heavy (non-hydrogen) atoms. The van der Waals surface area contributed by atoms with E-state index in [1.165, 1.54) is 5.56 Å². The standard InChI is InChI=1S/C13H18N2O2/c1-2-12(13(16)17)6-10-15-9-5-11-3-7-14-8-4-11/h3-4,6-8,15H,2,5,9-10H2,1H3,(H,16,17)/b12-6-. The highest BCUT2D eigenvalue weighted by Gasteiger charge is 2.02. The Kier molecular flexibility index (Phi) is 5.96. The first-order valence-electron chi connectivity index (χ1n) is 5.76. The van der Waals surface area contributed by atoms with Crippen LogP contribution in [0.15, 0.2) is 36.2 Å². The van der Waals surface area contributed by atoms with E-state index < -0.39 is 5.97 Å². The van der Waals surface area contributed by atoms with Gasteiger partial charge in [-0.15, -0.1) is 0 Å². The summed E-state index contributed by atoms with van der Waals surface area (Å²) in [4.78, 5) is 14.7. The topological polar surface area (TPSA) is 62.2 Å². The van der Waals surface area contributed by atoms with Crippen molar-refractivity contribution in [2.45, 2.75) is 19.8 Å². The Morgan fingerprint density at radius 3 is 2.76 bits per heavy atom. The Hall–Kier alpha value is -1.68. The van der Waals surface area contributed by atoms with E-state index in [2.05, 4.69) is 10.3 Å².